The molecule has 30 heavy (non-hydrogen) atoms. The van der Waals surface area contributed by atoms with Gasteiger partial charge in [-0.1, -0.05) is 30.3 Å². The van der Waals surface area contributed by atoms with E-state index in [4.69, 9.17) is 4.74 Å². The van der Waals surface area contributed by atoms with Crippen LogP contribution < -0.4 is 15.6 Å². The molecule has 0 radical (unpaired) electrons. The van der Waals surface area contributed by atoms with Gasteiger partial charge in [0.25, 0.3) is 5.56 Å². The van der Waals surface area contributed by atoms with Crippen molar-refractivity contribution >= 4 is 16.7 Å². The number of nitrogens with zero attached hydrogens (tertiary/aromatic N) is 3. The molecule has 3 aromatic heterocycles. The van der Waals surface area contributed by atoms with Gasteiger partial charge in [0, 0.05) is 24.8 Å². The monoisotopic (exact) mass is 406 g/mol. The third-order valence-electron chi connectivity index (χ3n) is 5.41. The molecule has 3 heterocycles. The first kappa shape index (κ1) is 20.1. The van der Waals surface area contributed by atoms with Crippen LogP contribution in [0, 0.1) is 0 Å². The Morgan fingerprint density at radius 2 is 1.90 bits per heavy atom. The highest BCUT2D eigenvalue weighted by Gasteiger charge is 2.16. The van der Waals surface area contributed by atoms with E-state index in [-0.39, 0.29) is 11.6 Å². The molecule has 0 bridgehead atoms. The Hall–Kier alpha value is -3.16. The zero-order chi connectivity index (χ0) is 21.1. The lowest BCUT2D eigenvalue weighted by molar-refractivity contribution is 0.136. The standard InChI is InChI=1S/C23H26N4O3/c1-16(21(28)17-8-4-3-5-9-17)24-13-7-15-27-18-11-12-20(30-2)25-22(18)26-14-6-10-19(26)23(27)29/h3-6,8-12,14,16,21,24,28H,7,13,15H2,1-2H3. The largest absolute Gasteiger partial charge is 0.481 e. The van der Waals surface area contributed by atoms with Crippen molar-refractivity contribution in [2.45, 2.75) is 32.0 Å². The predicted molar refractivity (Wildman–Crippen MR) is 117 cm³/mol. The highest BCUT2D eigenvalue weighted by atomic mass is 16.5. The van der Waals surface area contributed by atoms with Gasteiger partial charge in [-0.25, -0.2) is 0 Å². The number of aryl methyl sites for hydroxylation is 1. The Kier molecular flexibility index (Phi) is 5.83. The number of hydrogen-bond donors (Lipinski definition) is 2. The molecule has 4 rings (SSSR count). The second-order valence-electron chi connectivity index (χ2n) is 7.37. The number of aromatic nitrogens is 3. The van der Waals surface area contributed by atoms with E-state index in [1.54, 1.807) is 28.2 Å². The molecular weight excluding hydrogens is 380 g/mol. The Balaban J connectivity index is 1.50. The second kappa shape index (κ2) is 8.69. The smallest absolute Gasteiger partial charge is 0.275 e. The molecule has 2 unspecified atom stereocenters. The predicted octanol–water partition coefficient (Wildman–Crippen LogP) is 2.76. The van der Waals surface area contributed by atoms with Gasteiger partial charge in [-0.05, 0) is 43.7 Å². The Morgan fingerprint density at radius 3 is 2.67 bits per heavy atom. The minimum Gasteiger partial charge on any atom is -0.481 e. The summed E-state index contributed by atoms with van der Waals surface area (Å²) in [5.74, 6) is 0.507. The molecule has 7 nitrogen and oxygen atoms in total. The molecule has 2 N–H and O–H groups in total. The van der Waals surface area contributed by atoms with E-state index in [0.29, 0.717) is 30.1 Å². The van der Waals surface area contributed by atoms with Gasteiger partial charge < -0.3 is 19.7 Å². The maximum Gasteiger partial charge on any atom is 0.275 e. The Bertz CT molecular complexity index is 1200. The number of fused-ring (bicyclic) bond motifs is 3. The first-order chi connectivity index (χ1) is 14.6. The summed E-state index contributed by atoms with van der Waals surface area (Å²) >= 11 is 0. The van der Waals surface area contributed by atoms with Crippen molar-refractivity contribution in [3.8, 4) is 5.88 Å². The number of hydrogen-bond acceptors (Lipinski definition) is 5. The molecule has 2 atom stereocenters. The van der Waals surface area contributed by atoms with Crippen LogP contribution in [0.2, 0.25) is 0 Å². The first-order valence-corrected chi connectivity index (χ1v) is 10.1. The molecule has 0 aliphatic carbocycles. The molecule has 0 aliphatic rings. The van der Waals surface area contributed by atoms with E-state index in [2.05, 4.69) is 10.3 Å². The van der Waals surface area contributed by atoms with Gasteiger partial charge in [0.05, 0.1) is 18.7 Å². The number of aliphatic hydroxyl groups is 1. The molecule has 0 saturated carbocycles. The summed E-state index contributed by atoms with van der Waals surface area (Å²) in [6, 6.07) is 16.8. The summed E-state index contributed by atoms with van der Waals surface area (Å²) in [4.78, 5) is 17.5. The Morgan fingerprint density at radius 1 is 1.10 bits per heavy atom. The van der Waals surface area contributed by atoms with Crippen molar-refractivity contribution in [1.82, 2.24) is 19.3 Å². The SMILES string of the molecule is COc1ccc2c(n1)n1cccc1c(=O)n2CCCNC(C)C(O)c1ccccc1. The maximum absolute atomic E-state index is 13.0. The van der Waals surface area contributed by atoms with Crippen LogP contribution in [0.5, 0.6) is 5.88 Å². The molecule has 0 fully saturated rings. The first-order valence-electron chi connectivity index (χ1n) is 10.1. The van der Waals surface area contributed by atoms with Gasteiger partial charge in [0.1, 0.15) is 5.52 Å². The van der Waals surface area contributed by atoms with Crippen LogP contribution in [0.1, 0.15) is 25.0 Å². The van der Waals surface area contributed by atoms with Crippen LogP contribution in [-0.2, 0) is 6.54 Å². The minimum atomic E-state index is -0.580. The van der Waals surface area contributed by atoms with Crippen LogP contribution in [-0.4, -0.2) is 38.8 Å². The highest BCUT2D eigenvalue weighted by molar-refractivity contribution is 5.75. The van der Waals surface area contributed by atoms with Gasteiger partial charge >= 0.3 is 0 Å². The lowest BCUT2D eigenvalue weighted by atomic mass is 10.0. The van der Waals surface area contributed by atoms with E-state index in [0.717, 1.165) is 17.5 Å². The molecule has 7 heteroatoms. The topological polar surface area (TPSA) is 80.8 Å². The van der Waals surface area contributed by atoms with Crippen LogP contribution in [0.15, 0.2) is 65.6 Å². The van der Waals surface area contributed by atoms with Gasteiger partial charge in [0.15, 0.2) is 5.65 Å². The lowest BCUT2D eigenvalue weighted by Crippen LogP contribution is -2.34. The summed E-state index contributed by atoms with van der Waals surface area (Å²) in [6.07, 6.45) is 2.00. The van der Waals surface area contributed by atoms with E-state index >= 15 is 0 Å². The van der Waals surface area contributed by atoms with Crippen molar-refractivity contribution in [2.24, 2.45) is 0 Å². The third kappa shape index (κ3) is 3.81. The molecule has 0 aliphatic heterocycles. The fraction of sp³-hybridized carbons (Fsp3) is 0.304. The Labute approximate surface area is 174 Å². The van der Waals surface area contributed by atoms with E-state index < -0.39 is 6.10 Å². The quantitative estimate of drug-likeness (QED) is 0.440. The van der Waals surface area contributed by atoms with Crippen molar-refractivity contribution < 1.29 is 9.84 Å². The number of ether oxygens (including phenoxy) is 1. The van der Waals surface area contributed by atoms with Gasteiger partial charge in [-0.15, -0.1) is 0 Å². The minimum absolute atomic E-state index is 0.0446. The lowest BCUT2D eigenvalue weighted by Gasteiger charge is -2.21. The van der Waals surface area contributed by atoms with Crippen molar-refractivity contribution in [2.75, 3.05) is 13.7 Å². The van der Waals surface area contributed by atoms with E-state index in [1.807, 2.05) is 55.6 Å². The maximum atomic E-state index is 13.0. The van der Waals surface area contributed by atoms with Gasteiger partial charge in [-0.3, -0.25) is 9.20 Å². The summed E-state index contributed by atoms with van der Waals surface area (Å²) in [7, 11) is 1.58. The molecular formula is C23H26N4O3. The van der Waals surface area contributed by atoms with Crippen LogP contribution in [0.4, 0.5) is 0 Å². The second-order valence-corrected chi connectivity index (χ2v) is 7.37. The number of pyridine rings is 1. The number of aliphatic hydroxyl groups excluding tert-OH is 1. The molecule has 0 spiro atoms. The highest BCUT2D eigenvalue weighted by Crippen LogP contribution is 2.18. The van der Waals surface area contributed by atoms with Gasteiger partial charge in [0.2, 0.25) is 5.88 Å². The molecule has 156 valence electrons. The summed E-state index contributed by atoms with van der Waals surface area (Å²) < 4.78 is 8.82. The van der Waals surface area contributed by atoms with E-state index in [1.165, 1.54) is 0 Å². The number of nitrogens with one attached hydrogen (secondary N) is 1. The fourth-order valence-corrected chi connectivity index (χ4v) is 3.75. The summed E-state index contributed by atoms with van der Waals surface area (Å²) in [6.45, 7) is 3.18. The number of methoxy groups -OCH3 is 1. The third-order valence-corrected chi connectivity index (χ3v) is 5.41. The zero-order valence-electron chi connectivity index (χ0n) is 17.2. The molecule has 0 saturated heterocycles. The molecule has 0 amide bonds. The number of benzene rings is 1. The van der Waals surface area contributed by atoms with Crippen LogP contribution in [0.3, 0.4) is 0 Å². The van der Waals surface area contributed by atoms with Crippen LogP contribution in [0.25, 0.3) is 16.7 Å². The summed E-state index contributed by atoms with van der Waals surface area (Å²) in [5.41, 5.74) is 2.89. The average Bonchev–Trinajstić information content (AvgIpc) is 3.28. The fourth-order valence-electron chi connectivity index (χ4n) is 3.75. The normalized spacial score (nSPS) is 13.6. The van der Waals surface area contributed by atoms with Crippen LogP contribution >= 0.6 is 0 Å². The van der Waals surface area contributed by atoms with Crippen molar-refractivity contribution in [3.63, 3.8) is 0 Å². The number of rotatable bonds is 8. The van der Waals surface area contributed by atoms with Crippen molar-refractivity contribution in [3.05, 3.63) is 76.7 Å². The zero-order valence-corrected chi connectivity index (χ0v) is 17.2. The molecule has 4 aromatic rings. The summed E-state index contributed by atoms with van der Waals surface area (Å²) in [5, 5.41) is 13.9. The molecule has 1 aromatic carbocycles. The average molecular weight is 406 g/mol. The van der Waals surface area contributed by atoms with Crippen molar-refractivity contribution in [1.29, 1.82) is 0 Å². The van der Waals surface area contributed by atoms with Gasteiger partial charge in [-0.2, -0.15) is 4.98 Å². The van der Waals surface area contributed by atoms with E-state index in [9.17, 15) is 9.90 Å².